The largest absolute Gasteiger partial charge is 0.378 e. The molecule has 9 heteroatoms. The number of rotatable bonds is 5. The van der Waals surface area contributed by atoms with Gasteiger partial charge in [0.25, 0.3) is 0 Å². The third kappa shape index (κ3) is 3.71. The minimum Gasteiger partial charge on any atom is -0.378 e. The van der Waals surface area contributed by atoms with Crippen molar-refractivity contribution in [3.05, 3.63) is 59.6 Å². The second-order valence-corrected chi connectivity index (χ2v) is 9.25. The van der Waals surface area contributed by atoms with Gasteiger partial charge in [-0.05, 0) is 50.1 Å². The number of halogens is 1. The number of morpholine rings is 1. The number of aromatic nitrogens is 6. The number of aromatic amines is 1. The average molecular weight is 486 g/mol. The molecule has 0 atom stereocenters. The van der Waals surface area contributed by atoms with Crippen LogP contribution in [-0.4, -0.2) is 56.0 Å². The third-order valence-electron chi connectivity index (χ3n) is 6.78. The molecule has 2 aromatic carbocycles. The Morgan fingerprint density at radius 3 is 2.64 bits per heavy atom. The van der Waals surface area contributed by atoms with Crippen molar-refractivity contribution in [3.63, 3.8) is 0 Å². The minimum atomic E-state index is -0.293. The Morgan fingerprint density at radius 1 is 1.06 bits per heavy atom. The fourth-order valence-electron chi connectivity index (χ4n) is 5.06. The number of fused-ring (bicyclic) bond motifs is 2. The molecule has 0 saturated carbocycles. The van der Waals surface area contributed by atoms with E-state index in [0.717, 1.165) is 71.1 Å². The van der Waals surface area contributed by atoms with E-state index in [1.807, 2.05) is 19.9 Å². The second-order valence-electron chi connectivity index (χ2n) is 9.25. The second kappa shape index (κ2) is 8.98. The first kappa shape index (κ1) is 22.6. The number of anilines is 1. The van der Waals surface area contributed by atoms with E-state index >= 15 is 4.39 Å². The number of ether oxygens (including phenoxy) is 1. The van der Waals surface area contributed by atoms with Gasteiger partial charge in [0.2, 0.25) is 0 Å². The number of benzene rings is 2. The van der Waals surface area contributed by atoms with E-state index in [1.54, 1.807) is 12.3 Å². The van der Waals surface area contributed by atoms with Crippen molar-refractivity contribution in [2.75, 3.05) is 31.2 Å². The van der Waals surface area contributed by atoms with Crippen LogP contribution in [0.5, 0.6) is 0 Å². The molecule has 0 radical (unpaired) electrons. The zero-order valence-electron chi connectivity index (χ0n) is 20.7. The molecule has 1 fully saturated rings. The van der Waals surface area contributed by atoms with Gasteiger partial charge in [0.05, 0.1) is 35.3 Å². The summed E-state index contributed by atoms with van der Waals surface area (Å²) in [5, 5.41) is 9.09. The lowest BCUT2D eigenvalue weighted by Gasteiger charge is -2.29. The molecule has 1 aliphatic heterocycles. The smallest absolute Gasteiger partial charge is 0.163 e. The highest BCUT2D eigenvalue weighted by atomic mass is 19.1. The fraction of sp³-hybridized carbons (Fsp3) is 0.333. The van der Waals surface area contributed by atoms with Gasteiger partial charge in [0, 0.05) is 37.0 Å². The van der Waals surface area contributed by atoms with Crippen molar-refractivity contribution >= 4 is 27.6 Å². The first-order valence-corrected chi connectivity index (χ1v) is 12.4. The molecule has 1 saturated heterocycles. The number of H-pyrrole nitrogens is 1. The standard InChI is InChI=1S/C27H28FN7O/c1-4-5-23-31-26-19(27-30-17(3)32-33-27)14-18(34-10-12-36-13-11-34)15-22(26)35(23)21-8-9-29-25-16(2)6-7-20(28)24(21)25/h6-9,14-15H,4-5,10-13H2,1-3H3,(H,30,32,33). The highest BCUT2D eigenvalue weighted by molar-refractivity contribution is 5.98. The first-order chi connectivity index (χ1) is 17.5. The molecule has 0 aliphatic carbocycles. The number of aryl methyl sites for hydroxylation is 3. The Labute approximate surface area is 208 Å². The van der Waals surface area contributed by atoms with Gasteiger partial charge in [0.15, 0.2) is 5.82 Å². The van der Waals surface area contributed by atoms with E-state index in [1.165, 1.54) is 6.07 Å². The number of hydrogen-bond donors (Lipinski definition) is 1. The summed E-state index contributed by atoms with van der Waals surface area (Å²) in [6, 6.07) is 9.44. The molecule has 0 amide bonds. The molecule has 3 aromatic heterocycles. The maximum absolute atomic E-state index is 15.3. The van der Waals surface area contributed by atoms with Crippen LogP contribution in [0.1, 0.15) is 30.6 Å². The van der Waals surface area contributed by atoms with Gasteiger partial charge in [0.1, 0.15) is 23.0 Å². The lowest BCUT2D eigenvalue weighted by Crippen LogP contribution is -2.36. The number of nitrogens with one attached hydrogen (secondary N) is 1. The lowest BCUT2D eigenvalue weighted by molar-refractivity contribution is 0.122. The van der Waals surface area contributed by atoms with E-state index in [4.69, 9.17) is 9.72 Å². The zero-order chi connectivity index (χ0) is 24.8. The van der Waals surface area contributed by atoms with Crippen molar-refractivity contribution in [2.24, 2.45) is 0 Å². The molecule has 0 unspecified atom stereocenters. The van der Waals surface area contributed by atoms with Gasteiger partial charge >= 0.3 is 0 Å². The Morgan fingerprint density at radius 2 is 1.89 bits per heavy atom. The van der Waals surface area contributed by atoms with Crippen LogP contribution in [0.15, 0.2) is 36.5 Å². The van der Waals surface area contributed by atoms with Crippen LogP contribution < -0.4 is 4.90 Å². The summed E-state index contributed by atoms with van der Waals surface area (Å²) in [5.41, 5.74) is 5.97. The molecule has 1 aliphatic rings. The summed E-state index contributed by atoms with van der Waals surface area (Å²) in [4.78, 5) is 15.2. The molecule has 8 nitrogen and oxygen atoms in total. The molecule has 1 N–H and O–H groups in total. The summed E-state index contributed by atoms with van der Waals surface area (Å²) in [5.74, 6) is 1.98. The highest BCUT2D eigenvalue weighted by Crippen LogP contribution is 2.36. The lowest BCUT2D eigenvalue weighted by atomic mass is 10.1. The van der Waals surface area contributed by atoms with Gasteiger partial charge in [-0.2, -0.15) is 0 Å². The maximum atomic E-state index is 15.3. The van der Waals surface area contributed by atoms with E-state index in [-0.39, 0.29) is 5.82 Å². The Balaban J connectivity index is 1.70. The molecule has 6 rings (SSSR count). The Hall–Kier alpha value is -3.85. The minimum absolute atomic E-state index is 0.293. The molecule has 5 aromatic rings. The van der Waals surface area contributed by atoms with E-state index < -0.39 is 0 Å². The van der Waals surface area contributed by atoms with E-state index in [0.29, 0.717) is 29.9 Å². The summed E-state index contributed by atoms with van der Waals surface area (Å²) in [6.07, 6.45) is 3.40. The van der Waals surface area contributed by atoms with Gasteiger partial charge in [-0.1, -0.05) is 13.0 Å². The van der Waals surface area contributed by atoms with Gasteiger partial charge in [-0.3, -0.25) is 9.55 Å². The topological polar surface area (TPSA) is 84.8 Å². The summed E-state index contributed by atoms with van der Waals surface area (Å²) >= 11 is 0. The molecular formula is C27H28FN7O. The first-order valence-electron chi connectivity index (χ1n) is 12.4. The SMILES string of the molecule is CCCc1nc2c(-c3nnc(C)[nH]3)cc(N3CCOCC3)cc2n1-c1ccnc2c(C)ccc(F)c12. The predicted molar refractivity (Wildman–Crippen MR) is 138 cm³/mol. The summed E-state index contributed by atoms with van der Waals surface area (Å²) < 4.78 is 23.0. The van der Waals surface area contributed by atoms with Crippen molar-refractivity contribution in [1.29, 1.82) is 0 Å². The highest BCUT2D eigenvalue weighted by Gasteiger charge is 2.23. The molecule has 36 heavy (non-hydrogen) atoms. The number of nitrogens with zero attached hydrogens (tertiary/aromatic N) is 6. The number of hydrogen-bond acceptors (Lipinski definition) is 6. The molecule has 0 bridgehead atoms. The van der Waals surface area contributed by atoms with Crippen LogP contribution in [0.3, 0.4) is 0 Å². The van der Waals surface area contributed by atoms with Crippen LogP contribution in [0.25, 0.3) is 39.0 Å². The van der Waals surface area contributed by atoms with Crippen LogP contribution in [0.2, 0.25) is 0 Å². The van der Waals surface area contributed by atoms with E-state index in [9.17, 15) is 0 Å². The fourth-order valence-corrected chi connectivity index (χ4v) is 5.06. The average Bonchev–Trinajstić information content (AvgIpc) is 3.49. The Kier molecular flexibility index (Phi) is 5.64. The van der Waals surface area contributed by atoms with E-state index in [2.05, 4.69) is 48.7 Å². The van der Waals surface area contributed by atoms with Crippen molar-refractivity contribution in [1.82, 2.24) is 29.7 Å². The number of imidazole rings is 1. The normalized spacial score (nSPS) is 14.3. The molecule has 0 spiro atoms. The van der Waals surface area contributed by atoms with Crippen LogP contribution in [0.4, 0.5) is 10.1 Å². The van der Waals surface area contributed by atoms with Crippen molar-refractivity contribution in [3.8, 4) is 17.1 Å². The molecule has 4 heterocycles. The van der Waals surface area contributed by atoms with Gasteiger partial charge < -0.3 is 14.6 Å². The van der Waals surface area contributed by atoms with Gasteiger partial charge in [-0.25, -0.2) is 9.37 Å². The molecular weight excluding hydrogens is 457 g/mol. The maximum Gasteiger partial charge on any atom is 0.163 e. The van der Waals surface area contributed by atoms with Crippen LogP contribution in [-0.2, 0) is 11.2 Å². The summed E-state index contributed by atoms with van der Waals surface area (Å²) in [7, 11) is 0. The molecule has 184 valence electrons. The predicted octanol–water partition coefficient (Wildman–Crippen LogP) is 4.90. The van der Waals surface area contributed by atoms with Gasteiger partial charge in [-0.15, -0.1) is 10.2 Å². The van der Waals surface area contributed by atoms with Crippen molar-refractivity contribution < 1.29 is 9.13 Å². The van der Waals surface area contributed by atoms with Crippen LogP contribution in [0, 0.1) is 19.7 Å². The van der Waals surface area contributed by atoms with Crippen molar-refractivity contribution in [2.45, 2.75) is 33.6 Å². The monoisotopic (exact) mass is 485 g/mol. The zero-order valence-corrected chi connectivity index (χ0v) is 20.7. The quantitative estimate of drug-likeness (QED) is 0.381. The van der Waals surface area contributed by atoms with Crippen LogP contribution >= 0.6 is 0 Å². The number of pyridine rings is 1. The Bertz CT molecular complexity index is 1580. The summed E-state index contributed by atoms with van der Waals surface area (Å²) in [6.45, 7) is 8.90. The third-order valence-corrected chi connectivity index (χ3v) is 6.78.